The fraction of sp³-hybridized carbons (Fsp3) is 0. The third-order valence-corrected chi connectivity index (χ3v) is 6.41. The van der Waals surface area contributed by atoms with E-state index >= 15 is 0 Å². The number of benzene rings is 4. The SMILES string of the molecule is c1ccc(-n2cc3c4c(cccc42)-c2ccccc2-c2cc4ccccc4cc2-3)nc1. The second-order valence-corrected chi connectivity index (χ2v) is 8.09. The van der Waals surface area contributed by atoms with Crippen LogP contribution in [0.1, 0.15) is 0 Å². The lowest BCUT2D eigenvalue weighted by Gasteiger charge is -2.13. The lowest BCUT2D eigenvalue weighted by atomic mass is 9.91. The molecule has 1 aliphatic carbocycles. The van der Waals surface area contributed by atoms with Crippen molar-refractivity contribution in [2.45, 2.75) is 0 Å². The first-order chi connectivity index (χ1) is 15.4. The highest BCUT2D eigenvalue weighted by atomic mass is 15.0. The van der Waals surface area contributed by atoms with Crippen LogP contribution < -0.4 is 0 Å². The normalized spacial score (nSPS) is 11.9. The highest BCUT2D eigenvalue weighted by Crippen LogP contribution is 2.49. The molecule has 0 radical (unpaired) electrons. The minimum atomic E-state index is 0.937. The summed E-state index contributed by atoms with van der Waals surface area (Å²) < 4.78 is 2.22. The first-order valence-corrected chi connectivity index (χ1v) is 10.6. The molecule has 0 bridgehead atoms. The van der Waals surface area contributed by atoms with E-state index in [9.17, 15) is 0 Å². The number of aromatic nitrogens is 2. The van der Waals surface area contributed by atoms with Gasteiger partial charge in [-0.05, 0) is 68.9 Å². The summed E-state index contributed by atoms with van der Waals surface area (Å²) in [5.74, 6) is 0.937. The Morgan fingerprint density at radius 3 is 1.90 bits per heavy atom. The Bertz CT molecular complexity index is 1620. The maximum absolute atomic E-state index is 4.63. The van der Waals surface area contributed by atoms with Crippen molar-refractivity contribution >= 4 is 21.7 Å². The van der Waals surface area contributed by atoms with Crippen LogP contribution in [-0.2, 0) is 0 Å². The molecule has 31 heavy (non-hydrogen) atoms. The molecule has 2 aromatic heterocycles. The van der Waals surface area contributed by atoms with Crippen LogP contribution in [0.4, 0.5) is 0 Å². The van der Waals surface area contributed by atoms with E-state index in [1.54, 1.807) is 0 Å². The quantitative estimate of drug-likeness (QED) is 0.282. The van der Waals surface area contributed by atoms with Crippen molar-refractivity contribution in [2.24, 2.45) is 0 Å². The number of rotatable bonds is 1. The Morgan fingerprint density at radius 1 is 0.516 bits per heavy atom. The number of fused-ring (bicyclic) bond motifs is 6. The average molecular weight is 394 g/mol. The molecule has 2 heteroatoms. The molecule has 0 unspecified atom stereocenters. The zero-order chi connectivity index (χ0) is 20.4. The van der Waals surface area contributed by atoms with Gasteiger partial charge in [0.1, 0.15) is 5.82 Å². The highest BCUT2D eigenvalue weighted by molar-refractivity contribution is 6.15. The molecular formula is C29H18N2. The zero-order valence-electron chi connectivity index (χ0n) is 16.8. The lowest BCUT2D eigenvalue weighted by Crippen LogP contribution is -1.95. The Balaban J connectivity index is 1.69. The lowest BCUT2D eigenvalue weighted by molar-refractivity contribution is 1.04. The fourth-order valence-electron chi connectivity index (χ4n) is 5.04. The summed E-state index contributed by atoms with van der Waals surface area (Å²) in [7, 11) is 0. The number of nitrogens with zero attached hydrogens (tertiary/aromatic N) is 2. The summed E-state index contributed by atoms with van der Waals surface area (Å²) in [5, 5.41) is 3.81. The molecule has 0 atom stereocenters. The Labute approximate surface area is 180 Å². The maximum atomic E-state index is 4.63. The molecule has 0 saturated heterocycles. The van der Waals surface area contributed by atoms with Gasteiger partial charge in [0.15, 0.2) is 0 Å². The molecule has 2 nitrogen and oxygen atoms in total. The van der Waals surface area contributed by atoms with Gasteiger partial charge in [-0.3, -0.25) is 0 Å². The molecule has 144 valence electrons. The Hall–Kier alpha value is -4.17. The third-order valence-electron chi connectivity index (χ3n) is 6.41. The minimum Gasteiger partial charge on any atom is -0.301 e. The zero-order valence-corrected chi connectivity index (χ0v) is 16.8. The van der Waals surface area contributed by atoms with Crippen LogP contribution in [0.5, 0.6) is 0 Å². The third kappa shape index (κ3) is 2.30. The number of hydrogen-bond acceptors (Lipinski definition) is 1. The van der Waals surface area contributed by atoms with E-state index in [0.717, 1.165) is 5.82 Å². The maximum Gasteiger partial charge on any atom is 0.137 e. The van der Waals surface area contributed by atoms with Crippen LogP contribution in [0.2, 0.25) is 0 Å². The summed E-state index contributed by atoms with van der Waals surface area (Å²) in [6, 6.07) is 34.8. The molecule has 4 aromatic carbocycles. The van der Waals surface area contributed by atoms with Crippen molar-refractivity contribution < 1.29 is 0 Å². The van der Waals surface area contributed by atoms with Gasteiger partial charge >= 0.3 is 0 Å². The largest absolute Gasteiger partial charge is 0.301 e. The van der Waals surface area contributed by atoms with E-state index in [-0.39, 0.29) is 0 Å². The van der Waals surface area contributed by atoms with Crippen molar-refractivity contribution in [3.05, 3.63) is 109 Å². The molecule has 0 fully saturated rings. The molecule has 0 aliphatic heterocycles. The van der Waals surface area contributed by atoms with E-state index in [4.69, 9.17) is 0 Å². The van der Waals surface area contributed by atoms with Gasteiger partial charge in [0.2, 0.25) is 0 Å². The summed E-state index contributed by atoms with van der Waals surface area (Å²) >= 11 is 0. The fourth-order valence-corrected chi connectivity index (χ4v) is 5.04. The molecule has 7 rings (SSSR count). The van der Waals surface area contributed by atoms with Crippen molar-refractivity contribution in [3.63, 3.8) is 0 Å². The van der Waals surface area contributed by atoms with Crippen LogP contribution in [0, 0.1) is 0 Å². The number of pyridine rings is 1. The second-order valence-electron chi connectivity index (χ2n) is 8.09. The first kappa shape index (κ1) is 16.6. The van der Waals surface area contributed by atoms with Gasteiger partial charge in [0.05, 0.1) is 5.52 Å². The molecule has 6 aromatic rings. The van der Waals surface area contributed by atoms with Gasteiger partial charge in [-0.2, -0.15) is 0 Å². The van der Waals surface area contributed by atoms with E-state index in [1.807, 2.05) is 18.3 Å². The number of hydrogen-bond donors (Lipinski definition) is 0. The van der Waals surface area contributed by atoms with Crippen molar-refractivity contribution in [1.29, 1.82) is 0 Å². The van der Waals surface area contributed by atoms with Crippen LogP contribution in [0.25, 0.3) is 60.9 Å². The second kappa shape index (κ2) is 6.16. The van der Waals surface area contributed by atoms with Crippen LogP contribution in [-0.4, -0.2) is 9.55 Å². The summed E-state index contributed by atoms with van der Waals surface area (Å²) in [4.78, 5) is 4.63. The highest BCUT2D eigenvalue weighted by Gasteiger charge is 2.24. The van der Waals surface area contributed by atoms with Gasteiger partial charge < -0.3 is 4.57 Å². The van der Waals surface area contributed by atoms with Crippen LogP contribution >= 0.6 is 0 Å². The monoisotopic (exact) mass is 394 g/mol. The predicted octanol–water partition coefficient (Wildman–Crippen LogP) is 7.49. The Kier molecular flexibility index (Phi) is 3.30. The minimum absolute atomic E-state index is 0.937. The molecule has 2 heterocycles. The van der Waals surface area contributed by atoms with Crippen molar-refractivity contribution in [2.75, 3.05) is 0 Å². The van der Waals surface area contributed by atoms with Crippen molar-refractivity contribution in [1.82, 2.24) is 9.55 Å². The molecular weight excluding hydrogens is 376 g/mol. The molecule has 0 N–H and O–H groups in total. The predicted molar refractivity (Wildman–Crippen MR) is 128 cm³/mol. The summed E-state index contributed by atoms with van der Waals surface area (Å²) in [5.41, 5.74) is 8.84. The first-order valence-electron chi connectivity index (χ1n) is 10.6. The topological polar surface area (TPSA) is 17.8 Å². The summed E-state index contributed by atoms with van der Waals surface area (Å²) in [6.07, 6.45) is 4.11. The van der Waals surface area contributed by atoms with E-state index in [2.05, 4.69) is 101 Å². The van der Waals surface area contributed by atoms with Gasteiger partial charge in [-0.1, -0.05) is 66.7 Å². The van der Waals surface area contributed by atoms with Gasteiger partial charge in [0, 0.05) is 23.3 Å². The Morgan fingerprint density at radius 2 is 1.16 bits per heavy atom. The standard InChI is InChI=1S/C29H18N2/c1-2-9-20-17-25-24(16-19(20)8-1)22-11-4-3-10-21(22)23-12-7-13-27-29(23)26(25)18-31(27)28-14-5-6-15-30-28/h1-18H. The average Bonchev–Trinajstić information content (AvgIpc) is 3.19. The van der Waals surface area contributed by atoms with Gasteiger partial charge in [0.25, 0.3) is 0 Å². The molecule has 0 amide bonds. The molecule has 1 aliphatic rings. The summed E-state index contributed by atoms with van der Waals surface area (Å²) in [6.45, 7) is 0. The molecule has 0 spiro atoms. The smallest absolute Gasteiger partial charge is 0.137 e. The van der Waals surface area contributed by atoms with Gasteiger partial charge in [-0.15, -0.1) is 0 Å². The van der Waals surface area contributed by atoms with E-state index in [1.165, 1.54) is 55.1 Å². The molecule has 0 saturated carbocycles. The van der Waals surface area contributed by atoms with Crippen LogP contribution in [0.15, 0.2) is 109 Å². The van der Waals surface area contributed by atoms with Crippen LogP contribution in [0.3, 0.4) is 0 Å². The van der Waals surface area contributed by atoms with Crippen molar-refractivity contribution in [3.8, 4) is 39.2 Å². The van der Waals surface area contributed by atoms with E-state index in [0.29, 0.717) is 0 Å². The van der Waals surface area contributed by atoms with E-state index < -0.39 is 0 Å². The van der Waals surface area contributed by atoms with Gasteiger partial charge in [-0.25, -0.2) is 4.98 Å².